The fourth-order valence-corrected chi connectivity index (χ4v) is 4.01. The first kappa shape index (κ1) is 27.8. The summed E-state index contributed by atoms with van der Waals surface area (Å²) >= 11 is 0. The van der Waals surface area contributed by atoms with E-state index in [9.17, 15) is 9.90 Å². The second-order valence-electron chi connectivity index (χ2n) is 9.10. The van der Waals surface area contributed by atoms with E-state index in [1.165, 1.54) is 17.7 Å². The third kappa shape index (κ3) is 8.40. The number of hydrogen-bond donors (Lipinski definition) is 1. The van der Waals surface area contributed by atoms with Gasteiger partial charge in [0, 0.05) is 38.0 Å². The number of phenolic OH excluding ortho intramolecular Hbond substituents is 1. The summed E-state index contributed by atoms with van der Waals surface area (Å²) in [6, 6.07) is 20.9. The number of methoxy groups -OCH3 is 1. The van der Waals surface area contributed by atoms with E-state index >= 15 is 0 Å². The monoisotopic (exact) mass is 502 g/mol. The Balaban J connectivity index is 1.45. The molecule has 6 nitrogen and oxygen atoms in total. The van der Waals surface area contributed by atoms with Gasteiger partial charge in [-0.15, -0.1) is 0 Å². The molecule has 1 N–H and O–H groups in total. The molecule has 3 aromatic rings. The Bertz CT molecular complexity index is 1170. The molecule has 0 aliphatic rings. The van der Waals surface area contributed by atoms with Crippen molar-refractivity contribution < 1.29 is 19.4 Å². The van der Waals surface area contributed by atoms with Gasteiger partial charge in [-0.1, -0.05) is 43.3 Å². The lowest BCUT2D eigenvalue weighted by molar-refractivity contribution is 0.104. The van der Waals surface area contributed by atoms with E-state index in [2.05, 4.69) is 17.9 Å². The molecule has 0 aliphatic carbocycles. The topological polar surface area (TPSA) is 62.2 Å². The largest absolute Gasteiger partial charge is 0.507 e. The molecule has 0 atom stereocenters. The zero-order chi connectivity index (χ0) is 26.6. The van der Waals surface area contributed by atoms with Crippen molar-refractivity contribution in [2.24, 2.45) is 0 Å². The van der Waals surface area contributed by atoms with Crippen molar-refractivity contribution in [1.29, 1.82) is 0 Å². The number of ketones is 1. The molecule has 196 valence electrons. The number of carbonyl (C=O) groups excluding carboxylic acids is 1. The minimum absolute atomic E-state index is 0.0796. The second-order valence-corrected chi connectivity index (χ2v) is 9.10. The molecule has 3 rings (SSSR count). The number of anilines is 1. The van der Waals surface area contributed by atoms with Crippen molar-refractivity contribution in [2.75, 3.05) is 45.8 Å². The van der Waals surface area contributed by atoms with Crippen molar-refractivity contribution in [3.05, 3.63) is 89.5 Å². The second kappa shape index (κ2) is 14.1. The molecule has 0 bridgehead atoms. The molecule has 3 aromatic carbocycles. The predicted octanol–water partition coefficient (Wildman–Crippen LogP) is 6.04. The van der Waals surface area contributed by atoms with Crippen molar-refractivity contribution >= 4 is 17.5 Å². The highest BCUT2D eigenvalue weighted by Crippen LogP contribution is 2.25. The van der Waals surface area contributed by atoms with Gasteiger partial charge < -0.3 is 19.5 Å². The predicted molar refractivity (Wildman–Crippen MR) is 151 cm³/mol. The van der Waals surface area contributed by atoms with E-state index in [1.807, 2.05) is 61.5 Å². The first-order chi connectivity index (χ1) is 17.9. The molecule has 0 aliphatic heterocycles. The summed E-state index contributed by atoms with van der Waals surface area (Å²) in [7, 11) is 5.67. The summed E-state index contributed by atoms with van der Waals surface area (Å²) in [6.07, 6.45) is 5.11. The Morgan fingerprint density at radius 2 is 1.76 bits per heavy atom. The molecule has 0 fully saturated rings. The van der Waals surface area contributed by atoms with Gasteiger partial charge in [-0.2, -0.15) is 0 Å². The standard InChI is InChI=1S/C31H38N2O4/c1-5-33(23-25-10-6-7-11-31(25)36-4)20-8-9-21-37-27-17-18-28(30(35)22-27)29(34)19-14-24-12-15-26(16-13-24)32(2)3/h6-7,10-19,22,35H,5,8-9,20-21,23H2,1-4H3/b19-14+. The molecule has 0 amide bonds. The van der Waals surface area contributed by atoms with Crippen LogP contribution in [0.4, 0.5) is 5.69 Å². The van der Waals surface area contributed by atoms with Crippen molar-refractivity contribution in [3.8, 4) is 17.2 Å². The van der Waals surface area contributed by atoms with Gasteiger partial charge in [0.2, 0.25) is 0 Å². The van der Waals surface area contributed by atoms with Crippen LogP contribution in [0.5, 0.6) is 17.2 Å². The minimum atomic E-state index is -0.254. The normalized spacial score (nSPS) is 11.2. The number of benzene rings is 3. The summed E-state index contributed by atoms with van der Waals surface area (Å²) in [5.74, 6) is 1.14. The quantitative estimate of drug-likeness (QED) is 0.165. The number of hydrogen-bond acceptors (Lipinski definition) is 6. The number of allylic oxidation sites excluding steroid dienone is 1. The van der Waals surface area contributed by atoms with E-state index in [4.69, 9.17) is 9.47 Å². The molecule has 37 heavy (non-hydrogen) atoms. The fraction of sp³-hybridized carbons (Fsp3) is 0.323. The summed E-state index contributed by atoms with van der Waals surface area (Å²) in [5, 5.41) is 10.4. The van der Waals surface area contributed by atoms with Crippen LogP contribution in [0.2, 0.25) is 0 Å². The van der Waals surface area contributed by atoms with E-state index in [0.717, 1.165) is 49.5 Å². The lowest BCUT2D eigenvalue weighted by Gasteiger charge is -2.21. The van der Waals surface area contributed by atoms with Crippen molar-refractivity contribution in [3.63, 3.8) is 0 Å². The first-order valence-electron chi connectivity index (χ1n) is 12.7. The number of ether oxygens (including phenoxy) is 2. The van der Waals surface area contributed by atoms with Crippen LogP contribution in [0.15, 0.2) is 72.8 Å². The number of unbranched alkanes of at least 4 members (excludes halogenated alkanes) is 1. The van der Waals surface area contributed by atoms with Crippen LogP contribution >= 0.6 is 0 Å². The number of carbonyl (C=O) groups is 1. The average Bonchev–Trinajstić information content (AvgIpc) is 2.91. The van der Waals surface area contributed by atoms with E-state index in [-0.39, 0.29) is 17.1 Å². The molecule has 0 saturated heterocycles. The van der Waals surface area contributed by atoms with Gasteiger partial charge in [0.1, 0.15) is 17.2 Å². The Hall–Kier alpha value is -3.77. The van der Waals surface area contributed by atoms with Gasteiger partial charge >= 0.3 is 0 Å². The number of aromatic hydroxyl groups is 1. The summed E-state index contributed by atoms with van der Waals surface area (Å²) < 4.78 is 11.3. The molecule has 0 radical (unpaired) electrons. The van der Waals surface area contributed by atoms with Crippen LogP contribution in [0.1, 0.15) is 41.3 Å². The third-order valence-electron chi connectivity index (χ3n) is 6.24. The summed E-state index contributed by atoms with van der Waals surface area (Å²) in [5.41, 5.74) is 3.45. The van der Waals surface area contributed by atoms with Crippen LogP contribution in [-0.4, -0.2) is 56.7 Å². The maximum Gasteiger partial charge on any atom is 0.189 e. The third-order valence-corrected chi connectivity index (χ3v) is 6.24. The Kier molecular flexibility index (Phi) is 10.6. The number of rotatable bonds is 14. The zero-order valence-corrected chi connectivity index (χ0v) is 22.3. The van der Waals surface area contributed by atoms with Crippen molar-refractivity contribution in [1.82, 2.24) is 4.90 Å². The Labute approximate surface area is 220 Å². The number of nitrogens with zero attached hydrogens (tertiary/aromatic N) is 2. The molecule has 6 heteroatoms. The fourth-order valence-electron chi connectivity index (χ4n) is 4.01. The smallest absolute Gasteiger partial charge is 0.189 e. The molecule has 0 unspecified atom stereocenters. The van der Waals surface area contributed by atoms with Gasteiger partial charge in [-0.25, -0.2) is 0 Å². The van der Waals surface area contributed by atoms with Gasteiger partial charge in [0.05, 0.1) is 19.3 Å². The van der Waals surface area contributed by atoms with Gasteiger partial charge in [0.15, 0.2) is 5.78 Å². The van der Waals surface area contributed by atoms with Crippen LogP contribution in [-0.2, 0) is 6.54 Å². The number of phenols is 1. The van der Waals surface area contributed by atoms with E-state index in [1.54, 1.807) is 25.3 Å². The van der Waals surface area contributed by atoms with Crippen LogP contribution in [0, 0.1) is 0 Å². The summed E-state index contributed by atoms with van der Waals surface area (Å²) in [6.45, 7) is 5.47. The molecule has 0 aromatic heterocycles. The lowest BCUT2D eigenvalue weighted by atomic mass is 10.1. The SMILES string of the molecule is CCN(CCCCOc1ccc(C(=O)/C=C/c2ccc(N(C)C)cc2)c(O)c1)Cc1ccccc1OC. The molecular formula is C31H38N2O4. The summed E-state index contributed by atoms with van der Waals surface area (Å²) in [4.78, 5) is 17.0. The van der Waals surface area contributed by atoms with E-state index < -0.39 is 0 Å². The van der Waals surface area contributed by atoms with Crippen LogP contribution in [0.25, 0.3) is 6.08 Å². The molecular weight excluding hydrogens is 464 g/mol. The lowest BCUT2D eigenvalue weighted by Crippen LogP contribution is -2.24. The molecule has 0 saturated carbocycles. The van der Waals surface area contributed by atoms with Gasteiger partial charge in [0.25, 0.3) is 0 Å². The highest BCUT2D eigenvalue weighted by molar-refractivity contribution is 6.08. The highest BCUT2D eigenvalue weighted by Gasteiger charge is 2.11. The Morgan fingerprint density at radius 3 is 2.43 bits per heavy atom. The maximum absolute atomic E-state index is 12.6. The molecule has 0 heterocycles. The maximum atomic E-state index is 12.6. The average molecular weight is 503 g/mol. The van der Waals surface area contributed by atoms with E-state index in [0.29, 0.717) is 12.4 Å². The zero-order valence-electron chi connectivity index (χ0n) is 22.3. The van der Waals surface area contributed by atoms with Crippen molar-refractivity contribution in [2.45, 2.75) is 26.3 Å². The van der Waals surface area contributed by atoms with Crippen LogP contribution < -0.4 is 14.4 Å². The molecule has 0 spiro atoms. The highest BCUT2D eigenvalue weighted by atomic mass is 16.5. The minimum Gasteiger partial charge on any atom is -0.507 e. The number of para-hydroxylation sites is 1. The van der Waals surface area contributed by atoms with Gasteiger partial charge in [-0.05, 0) is 67.9 Å². The Morgan fingerprint density at radius 1 is 1.00 bits per heavy atom. The van der Waals surface area contributed by atoms with Gasteiger partial charge in [-0.3, -0.25) is 9.69 Å². The van der Waals surface area contributed by atoms with Crippen LogP contribution in [0.3, 0.4) is 0 Å². The first-order valence-corrected chi connectivity index (χ1v) is 12.7.